The number of ether oxygens (including phenoxy) is 1. The van der Waals surface area contributed by atoms with Crippen LogP contribution in [0.1, 0.15) is 24.6 Å². The van der Waals surface area contributed by atoms with Crippen LogP contribution in [0.3, 0.4) is 0 Å². The monoisotopic (exact) mass is 279 g/mol. The van der Waals surface area contributed by atoms with Crippen LogP contribution in [-0.4, -0.2) is 28.0 Å². The van der Waals surface area contributed by atoms with E-state index < -0.39 is 29.6 Å². The SMILES string of the molecule is Cc1cn([C@H]2CC(N=[N+]=[N-])[C@@H](CC=O)O2)c(=O)[nH]c1=O. The van der Waals surface area contributed by atoms with E-state index in [0.717, 1.165) is 0 Å². The lowest BCUT2D eigenvalue weighted by molar-refractivity contribution is -0.111. The zero-order chi connectivity index (χ0) is 14.7. The minimum Gasteiger partial charge on any atom is -0.354 e. The van der Waals surface area contributed by atoms with Crippen molar-refractivity contribution in [3.8, 4) is 0 Å². The molecule has 1 aromatic heterocycles. The van der Waals surface area contributed by atoms with Gasteiger partial charge in [-0.05, 0) is 12.5 Å². The Kier molecular flexibility index (Phi) is 4.02. The maximum Gasteiger partial charge on any atom is 0.330 e. The second kappa shape index (κ2) is 5.72. The van der Waals surface area contributed by atoms with E-state index in [1.165, 1.54) is 10.8 Å². The highest BCUT2D eigenvalue weighted by Gasteiger charge is 2.35. The Labute approximate surface area is 112 Å². The average molecular weight is 279 g/mol. The Morgan fingerprint density at radius 3 is 3.05 bits per heavy atom. The van der Waals surface area contributed by atoms with Crippen molar-refractivity contribution in [2.45, 2.75) is 38.1 Å². The Morgan fingerprint density at radius 1 is 1.65 bits per heavy atom. The highest BCUT2D eigenvalue weighted by Crippen LogP contribution is 2.31. The van der Waals surface area contributed by atoms with Gasteiger partial charge < -0.3 is 9.53 Å². The molecule has 1 saturated heterocycles. The molecule has 3 atom stereocenters. The molecular formula is C11H13N5O4. The molecule has 0 saturated carbocycles. The molecule has 2 rings (SSSR count). The van der Waals surface area contributed by atoms with Crippen LogP contribution in [0, 0.1) is 6.92 Å². The predicted octanol–water partition coefficient (Wildman–Crippen LogP) is 0.400. The van der Waals surface area contributed by atoms with E-state index in [1.807, 2.05) is 0 Å². The first-order chi connectivity index (χ1) is 9.56. The lowest BCUT2D eigenvalue weighted by atomic mass is 10.1. The maximum atomic E-state index is 11.8. The van der Waals surface area contributed by atoms with E-state index in [4.69, 9.17) is 10.3 Å². The van der Waals surface area contributed by atoms with Crippen molar-refractivity contribution in [1.82, 2.24) is 9.55 Å². The molecule has 20 heavy (non-hydrogen) atoms. The molecule has 1 N–H and O–H groups in total. The Morgan fingerprint density at radius 2 is 2.40 bits per heavy atom. The predicted molar refractivity (Wildman–Crippen MR) is 68.2 cm³/mol. The van der Waals surface area contributed by atoms with Crippen molar-refractivity contribution in [2.24, 2.45) is 5.11 Å². The van der Waals surface area contributed by atoms with Gasteiger partial charge in [-0.15, -0.1) is 0 Å². The van der Waals surface area contributed by atoms with E-state index in [-0.39, 0.29) is 12.8 Å². The van der Waals surface area contributed by atoms with Crippen LogP contribution in [0.25, 0.3) is 10.4 Å². The highest BCUT2D eigenvalue weighted by atomic mass is 16.5. The van der Waals surface area contributed by atoms with Gasteiger partial charge in [0.2, 0.25) is 0 Å². The van der Waals surface area contributed by atoms with Crippen LogP contribution in [0.5, 0.6) is 0 Å². The summed E-state index contributed by atoms with van der Waals surface area (Å²) in [6.07, 6.45) is 1.19. The third kappa shape index (κ3) is 2.63. The summed E-state index contributed by atoms with van der Waals surface area (Å²) in [6.45, 7) is 1.57. The van der Waals surface area contributed by atoms with Crippen LogP contribution in [-0.2, 0) is 9.53 Å². The van der Waals surface area contributed by atoms with Crippen molar-refractivity contribution >= 4 is 6.29 Å². The molecule has 2 heterocycles. The summed E-state index contributed by atoms with van der Waals surface area (Å²) in [6, 6.07) is -0.519. The van der Waals surface area contributed by atoms with E-state index in [9.17, 15) is 14.4 Å². The van der Waals surface area contributed by atoms with Gasteiger partial charge in [-0.3, -0.25) is 14.3 Å². The lowest BCUT2D eigenvalue weighted by Gasteiger charge is -2.14. The maximum absolute atomic E-state index is 11.8. The minimum absolute atomic E-state index is 0.0806. The van der Waals surface area contributed by atoms with Gasteiger partial charge in [0.05, 0.1) is 12.1 Å². The first kappa shape index (κ1) is 14.0. The molecule has 0 spiro atoms. The Hall–Kier alpha value is -2.38. The number of carbonyl (C=O) groups excluding carboxylic acids is 1. The van der Waals surface area contributed by atoms with Gasteiger partial charge in [0.25, 0.3) is 5.56 Å². The van der Waals surface area contributed by atoms with Gasteiger partial charge in [0.15, 0.2) is 0 Å². The summed E-state index contributed by atoms with van der Waals surface area (Å²) in [7, 11) is 0. The lowest BCUT2D eigenvalue weighted by Crippen LogP contribution is -2.33. The molecule has 0 aromatic carbocycles. The number of nitrogens with one attached hydrogen (secondary N) is 1. The van der Waals surface area contributed by atoms with Gasteiger partial charge in [-0.25, -0.2) is 4.79 Å². The van der Waals surface area contributed by atoms with Gasteiger partial charge >= 0.3 is 5.69 Å². The number of nitrogens with zero attached hydrogens (tertiary/aromatic N) is 4. The van der Waals surface area contributed by atoms with E-state index in [0.29, 0.717) is 11.8 Å². The fourth-order valence-corrected chi connectivity index (χ4v) is 2.18. The molecule has 9 heteroatoms. The van der Waals surface area contributed by atoms with Crippen molar-refractivity contribution in [2.75, 3.05) is 0 Å². The number of aryl methyl sites for hydroxylation is 1. The number of rotatable bonds is 4. The third-order valence-electron chi connectivity index (χ3n) is 3.19. The van der Waals surface area contributed by atoms with Crippen molar-refractivity contribution < 1.29 is 9.53 Å². The second-order valence-electron chi connectivity index (χ2n) is 4.52. The van der Waals surface area contributed by atoms with Crippen LogP contribution in [0.2, 0.25) is 0 Å². The molecule has 1 fully saturated rings. The molecule has 0 bridgehead atoms. The first-order valence-corrected chi connectivity index (χ1v) is 6.02. The van der Waals surface area contributed by atoms with Crippen LogP contribution in [0.4, 0.5) is 0 Å². The molecule has 9 nitrogen and oxygen atoms in total. The number of H-pyrrole nitrogens is 1. The molecule has 1 aliphatic rings. The molecule has 1 unspecified atom stereocenters. The number of carbonyl (C=O) groups is 1. The number of hydrogen-bond donors (Lipinski definition) is 1. The van der Waals surface area contributed by atoms with Crippen LogP contribution >= 0.6 is 0 Å². The van der Waals surface area contributed by atoms with Crippen molar-refractivity contribution in [1.29, 1.82) is 0 Å². The molecule has 106 valence electrons. The summed E-state index contributed by atoms with van der Waals surface area (Å²) in [5.41, 5.74) is 7.81. The smallest absolute Gasteiger partial charge is 0.330 e. The quantitative estimate of drug-likeness (QED) is 0.370. The van der Waals surface area contributed by atoms with E-state index in [2.05, 4.69) is 15.0 Å². The fourth-order valence-electron chi connectivity index (χ4n) is 2.18. The fraction of sp³-hybridized carbons (Fsp3) is 0.545. The van der Waals surface area contributed by atoms with Crippen molar-refractivity contribution in [3.05, 3.63) is 43.0 Å². The van der Waals surface area contributed by atoms with Gasteiger partial charge in [-0.1, -0.05) is 5.11 Å². The highest BCUT2D eigenvalue weighted by molar-refractivity contribution is 5.50. The number of hydrogen-bond acceptors (Lipinski definition) is 5. The van der Waals surface area contributed by atoms with Crippen LogP contribution in [0.15, 0.2) is 20.9 Å². The third-order valence-corrected chi connectivity index (χ3v) is 3.19. The van der Waals surface area contributed by atoms with Crippen molar-refractivity contribution in [3.63, 3.8) is 0 Å². The zero-order valence-corrected chi connectivity index (χ0v) is 10.7. The summed E-state index contributed by atoms with van der Waals surface area (Å²) in [5.74, 6) is 0. The summed E-state index contributed by atoms with van der Waals surface area (Å²) < 4.78 is 6.81. The van der Waals surface area contributed by atoms with Gasteiger partial charge in [0, 0.05) is 29.5 Å². The zero-order valence-electron chi connectivity index (χ0n) is 10.7. The second-order valence-corrected chi connectivity index (χ2v) is 4.52. The Balaban J connectivity index is 2.33. The number of azide groups is 1. The first-order valence-electron chi connectivity index (χ1n) is 6.02. The molecule has 0 aliphatic carbocycles. The minimum atomic E-state index is -0.668. The normalized spacial score (nSPS) is 25.1. The summed E-state index contributed by atoms with van der Waals surface area (Å²) in [4.78, 5) is 38.6. The average Bonchev–Trinajstić information content (AvgIpc) is 2.78. The standard InChI is InChI=1S/C11H13N5O4/c1-6-5-16(11(19)13-10(6)18)9-4-7(14-15-12)8(20-9)2-3-17/h3,5,7-9H,2,4H2,1H3,(H,13,18,19)/t7?,8-,9-/m1/s1. The molecule has 1 aromatic rings. The summed E-state index contributed by atoms with van der Waals surface area (Å²) >= 11 is 0. The largest absolute Gasteiger partial charge is 0.354 e. The van der Waals surface area contributed by atoms with E-state index in [1.54, 1.807) is 6.92 Å². The number of aromatic nitrogens is 2. The Bertz CT molecular complexity index is 672. The number of aldehydes is 1. The molecule has 0 radical (unpaired) electrons. The molecule has 0 amide bonds. The van der Waals surface area contributed by atoms with Gasteiger partial charge in [-0.2, -0.15) is 0 Å². The number of aromatic amines is 1. The van der Waals surface area contributed by atoms with Gasteiger partial charge in [0.1, 0.15) is 12.5 Å². The molecule has 1 aliphatic heterocycles. The van der Waals surface area contributed by atoms with E-state index >= 15 is 0 Å². The van der Waals surface area contributed by atoms with Crippen LogP contribution < -0.4 is 11.2 Å². The molecular weight excluding hydrogens is 266 g/mol. The summed E-state index contributed by atoms with van der Waals surface area (Å²) in [5, 5.41) is 3.58. The topological polar surface area (TPSA) is 130 Å².